The van der Waals surface area contributed by atoms with Crippen LogP contribution in [0.1, 0.15) is 68.3 Å². The fourth-order valence-corrected chi connectivity index (χ4v) is 6.48. The number of unbranched alkanes of at least 4 members (excludes halogenated alkanes) is 1. The van der Waals surface area contributed by atoms with Crippen molar-refractivity contribution in [3.05, 3.63) is 152 Å². The van der Waals surface area contributed by atoms with E-state index in [4.69, 9.17) is 4.74 Å². The molecule has 1 aliphatic carbocycles. The molecule has 6 nitrogen and oxygen atoms in total. The highest BCUT2D eigenvalue weighted by Crippen LogP contribution is 2.47. The predicted molar refractivity (Wildman–Crippen MR) is 188 cm³/mol. The fraction of sp³-hybridized carbons (Fsp3) is 0.146. The van der Waals surface area contributed by atoms with Crippen LogP contribution >= 0.6 is 0 Å². The number of ether oxygens (including phenoxy) is 1. The lowest BCUT2D eigenvalue weighted by atomic mass is 9.80. The zero-order valence-electron chi connectivity index (χ0n) is 26.6. The average Bonchev–Trinajstić information content (AvgIpc) is 3.08. The van der Waals surface area contributed by atoms with Gasteiger partial charge in [0.2, 0.25) is 0 Å². The third-order valence-electron chi connectivity index (χ3n) is 8.94. The summed E-state index contributed by atoms with van der Waals surface area (Å²) < 4.78 is 6.58. The zero-order valence-corrected chi connectivity index (χ0v) is 26.6. The standard InChI is InChI=1S/C41H34N2O4/c1-4-5-14-26-20-21-28(22-25(26)3)47-33-23-32(42-31-19-12-9-13-24(31)2)35-36-34(29-17-10-11-18-30(29)40(35)45)37(41(46)43-38(33)36)39(44)27-15-7-6-8-16-27/h6-13,15-23,42H,4-5,14H2,1-3H3,(H,43,46). The molecule has 0 unspecified atom stereocenters. The molecule has 0 spiro atoms. The van der Waals surface area contributed by atoms with Gasteiger partial charge in [0, 0.05) is 33.8 Å². The van der Waals surface area contributed by atoms with Crippen LogP contribution in [0.15, 0.2) is 108 Å². The monoisotopic (exact) mass is 618 g/mol. The Balaban J connectivity index is 1.53. The summed E-state index contributed by atoms with van der Waals surface area (Å²) in [7, 11) is 0. The van der Waals surface area contributed by atoms with Gasteiger partial charge in [-0.1, -0.05) is 92.2 Å². The summed E-state index contributed by atoms with van der Waals surface area (Å²) in [6.07, 6.45) is 3.20. The molecule has 0 radical (unpaired) electrons. The number of pyridine rings is 1. The lowest BCUT2D eigenvalue weighted by molar-refractivity contribution is 0.102. The topological polar surface area (TPSA) is 88.3 Å². The number of carbonyl (C=O) groups is 2. The van der Waals surface area contributed by atoms with Crippen molar-refractivity contribution in [3.8, 4) is 22.6 Å². The number of para-hydroxylation sites is 1. The summed E-state index contributed by atoms with van der Waals surface area (Å²) >= 11 is 0. The third kappa shape index (κ3) is 5.32. The van der Waals surface area contributed by atoms with E-state index in [0.29, 0.717) is 55.9 Å². The molecule has 2 N–H and O–H groups in total. The minimum absolute atomic E-state index is 0.0139. The van der Waals surface area contributed by atoms with Gasteiger partial charge in [-0.25, -0.2) is 0 Å². The number of ketones is 2. The van der Waals surface area contributed by atoms with Gasteiger partial charge in [0.05, 0.1) is 22.3 Å². The highest BCUT2D eigenvalue weighted by molar-refractivity contribution is 6.31. The molecule has 0 saturated carbocycles. The Hall–Kier alpha value is -5.75. The molecule has 47 heavy (non-hydrogen) atoms. The van der Waals surface area contributed by atoms with Crippen molar-refractivity contribution in [3.63, 3.8) is 0 Å². The molecule has 7 rings (SSSR count). The lowest BCUT2D eigenvalue weighted by Gasteiger charge is -2.26. The molecule has 6 aromatic rings. The van der Waals surface area contributed by atoms with Crippen LogP contribution in [0.2, 0.25) is 0 Å². The normalized spacial score (nSPS) is 11.8. The maximum atomic E-state index is 14.4. The van der Waals surface area contributed by atoms with E-state index in [1.54, 1.807) is 48.5 Å². The molecular formula is C41H34N2O4. The van der Waals surface area contributed by atoms with Crippen molar-refractivity contribution in [1.82, 2.24) is 4.98 Å². The SMILES string of the molecule is CCCCc1ccc(Oc2cc(Nc3ccccc3C)c3c4c(c(C(=O)c5ccccc5)c(=O)[nH]c24)-c2ccccc2C3=O)cc1C. The number of benzene rings is 5. The van der Waals surface area contributed by atoms with Crippen LogP contribution in [0.4, 0.5) is 11.4 Å². The van der Waals surface area contributed by atoms with Crippen LogP contribution in [-0.4, -0.2) is 16.6 Å². The van der Waals surface area contributed by atoms with E-state index in [1.807, 2.05) is 55.5 Å². The number of aryl methyl sites for hydroxylation is 3. The van der Waals surface area contributed by atoms with Crippen LogP contribution in [0, 0.1) is 13.8 Å². The molecule has 0 saturated heterocycles. The molecular weight excluding hydrogens is 584 g/mol. The van der Waals surface area contributed by atoms with Crippen molar-refractivity contribution in [1.29, 1.82) is 0 Å². The molecule has 1 aromatic heterocycles. The summed E-state index contributed by atoms with van der Waals surface area (Å²) in [5, 5.41) is 3.96. The van der Waals surface area contributed by atoms with E-state index in [2.05, 4.69) is 30.2 Å². The second-order valence-corrected chi connectivity index (χ2v) is 12.1. The number of hydrogen-bond donors (Lipinski definition) is 2. The second kappa shape index (κ2) is 12.2. The quantitative estimate of drug-likeness (QED) is 0.157. The molecule has 1 aliphatic rings. The maximum absolute atomic E-state index is 14.4. The first kappa shape index (κ1) is 29.9. The smallest absolute Gasteiger partial charge is 0.260 e. The Kier molecular flexibility index (Phi) is 7.78. The van der Waals surface area contributed by atoms with Gasteiger partial charge >= 0.3 is 0 Å². The van der Waals surface area contributed by atoms with Crippen LogP contribution in [0.5, 0.6) is 11.5 Å². The molecule has 0 amide bonds. The van der Waals surface area contributed by atoms with E-state index in [-0.39, 0.29) is 11.3 Å². The summed E-state index contributed by atoms with van der Waals surface area (Å²) in [5.41, 5.74) is 6.64. The van der Waals surface area contributed by atoms with Crippen molar-refractivity contribution < 1.29 is 14.3 Å². The van der Waals surface area contributed by atoms with Crippen molar-refractivity contribution in [2.24, 2.45) is 0 Å². The zero-order chi connectivity index (χ0) is 32.7. The summed E-state index contributed by atoms with van der Waals surface area (Å²) in [5.74, 6) is 0.345. The van der Waals surface area contributed by atoms with Crippen molar-refractivity contribution in [2.75, 3.05) is 5.32 Å². The Morgan fingerprint density at radius 1 is 0.766 bits per heavy atom. The Labute approximate surface area is 273 Å². The van der Waals surface area contributed by atoms with Gasteiger partial charge in [-0.15, -0.1) is 0 Å². The third-order valence-corrected chi connectivity index (χ3v) is 8.94. The van der Waals surface area contributed by atoms with E-state index in [1.165, 1.54) is 5.56 Å². The highest BCUT2D eigenvalue weighted by Gasteiger charge is 2.34. The first-order valence-electron chi connectivity index (χ1n) is 16.0. The van der Waals surface area contributed by atoms with Gasteiger partial charge in [0.15, 0.2) is 17.3 Å². The lowest BCUT2D eigenvalue weighted by Crippen LogP contribution is -2.24. The van der Waals surface area contributed by atoms with Crippen LogP contribution in [0.25, 0.3) is 22.0 Å². The number of anilines is 2. The number of hydrogen-bond acceptors (Lipinski definition) is 5. The van der Waals surface area contributed by atoms with Gasteiger partial charge in [-0.3, -0.25) is 14.4 Å². The molecule has 0 atom stereocenters. The number of carbonyl (C=O) groups excluding carboxylic acids is 2. The van der Waals surface area contributed by atoms with Gasteiger partial charge in [0.25, 0.3) is 5.56 Å². The fourth-order valence-electron chi connectivity index (χ4n) is 6.48. The van der Waals surface area contributed by atoms with Gasteiger partial charge < -0.3 is 15.0 Å². The Morgan fingerprint density at radius 2 is 1.49 bits per heavy atom. The summed E-state index contributed by atoms with van der Waals surface area (Å²) in [6.45, 7) is 6.24. The number of rotatable bonds is 9. The second-order valence-electron chi connectivity index (χ2n) is 12.1. The van der Waals surface area contributed by atoms with E-state index >= 15 is 0 Å². The summed E-state index contributed by atoms with van der Waals surface area (Å²) in [6, 6.07) is 31.5. The molecule has 232 valence electrons. The van der Waals surface area contributed by atoms with Gasteiger partial charge in [-0.05, 0) is 67.1 Å². The average molecular weight is 619 g/mol. The van der Waals surface area contributed by atoms with E-state index in [0.717, 1.165) is 36.1 Å². The van der Waals surface area contributed by atoms with Crippen LogP contribution in [-0.2, 0) is 6.42 Å². The van der Waals surface area contributed by atoms with Crippen LogP contribution < -0.4 is 15.6 Å². The first-order valence-corrected chi connectivity index (χ1v) is 16.0. The molecule has 1 heterocycles. The Morgan fingerprint density at radius 3 is 2.23 bits per heavy atom. The largest absolute Gasteiger partial charge is 0.455 e. The van der Waals surface area contributed by atoms with Crippen LogP contribution in [0.3, 0.4) is 0 Å². The number of aromatic nitrogens is 1. The molecule has 6 heteroatoms. The van der Waals surface area contributed by atoms with Gasteiger partial charge in [-0.2, -0.15) is 0 Å². The van der Waals surface area contributed by atoms with Crippen molar-refractivity contribution in [2.45, 2.75) is 40.0 Å². The van der Waals surface area contributed by atoms with Crippen molar-refractivity contribution >= 4 is 33.8 Å². The summed E-state index contributed by atoms with van der Waals surface area (Å²) in [4.78, 5) is 45.5. The minimum atomic E-state index is -0.549. The first-order chi connectivity index (χ1) is 22.9. The highest BCUT2D eigenvalue weighted by atomic mass is 16.5. The number of H-pyrrole nitrogens is 1. The molecule has 0 aliphatic heterocycles. The maximum Gasteiger partial charge on any atom is 0.260 e. The number of fused-ring (bicyclic) bond motifs is 2. The molecule has 5 aromatic carbocycles. The van der Waals surface area contributed by atoms with E-state index in [9.17, 15) is 14.4 Å². The predicted octanol–water partition coefficient (Wildman–Crippen LogP) is 9.47. The molecule has 0 fully saturated rings. The van der Waals surface area contributed by atoms with Gasteiger partial charge in [0.1, 0.15) is 5.75 Å². The molecule has 0 bridgehead atoms. The minimum Gasteiger partial charge on any atom is -0.455 e. The Bertz CT molecular complexity index is 2270. The number of nitrogens with one attached hydrogen (secondary N) is 2. The van der Waals surface area contributed by atoms with E-state index < -0.39 is 11.3 Å². The number of aromatic amines is 1.